The maximum Gasteiger partial charge on any atom is 0.332 e. The number of ether oxygens (including phenoxy) is 3. The molecule has 0 saturated carbocycles. The van der Waals surface area contributed by atoms with Crippen LogP contribution >= 0.6 is 23.1 Å². The van der Waals surface area contributed by atoms with Crippen molar-refractivity contribution in [3.05, 3.63) is 80.5 Å². The van der Waals surface area contributed by atoms with Gasteiger partial charge in [0.2, 0.25) is 5.91 Å². The lowest BCUT2D eigenvalue weighted by atomic mass is 10.1. The van der Waals surface area contributed by atoms with E-state index in [-0.39, 0.29) is 37.8 Å². The van der Waals surface area contributed by atoms with Crippen molar-refractivity contribution >= 4 is 45.2 Å². The molecule has 2 aromatic carbocycles. The summed E-state index contributed by atoms with van der Waals surface area (Å²) in [6.07, 6.45) is 2.97. The fourth-order valence-corrected chi connectivity index (χ4v) is 6.59. The minimum atomic E-state index is -0.683. The highest BCUT2D eigenvalue weighted by atomic mass is 32.2. The number of carbonyl (C=O) groups is 2. The van der Waals surface area contributed by atoms with Gasteiger partial charge >= 0.3 is 11.7 Å². The lowest BCUT2D eigenvalue weighted by Crippen LogP contribution is -2.42. The summed E-state index contributed by atoms with van der Waals surface area (Å²) in [5, 5.41) is 3.21. The third kappa shape index (κ3) is 7.38. The fourth-order valence-electron chi connectivity index (χ4n) is 4.67. The average molecular weight is 626 g/mol. The Morgan fingerprint density at radius 1 is 1.02 bits per heavy atom. The number of thiophene rings is 1. The zero-order valence-electron chi connectivity index (χ0n) is 24.6. The third-order valence-electron chi connectivity index (χ3n) is 6.67. The predicted molar refractivity (Wildman–Crippen MR) is 169 cm³/mol. The van der Waals surface area contributed by atoms with E-state index in [1.54, 1.807) is 30.8 Å². The molecule has 228 valence electrons. The molecule has 12 heteroatoms. The van der Waals surface area contributed by atoms with Gasteiger partial charge in [0, 0.05) is 35.4 Å². The Morgan fingerprint density at radius 3 is 2.44 bits per heavy atom. The largest absolute Gasteiger partial charge is 0.468 e. The number of esters is 1. The van der Waals surface area contributed by atoms with E-state index in [9.17, 15) is 19.2 Å². The van der Waals surface area contributed by atoms with Crippen LogP contribution in [0.15, 0.2) is 63.0 Å². The SMILES string of the molecule is CCCC(=O)NCc1c(-c2ccc(OCOC)cc2)sc2c1c(=O)n(CC(=O)OCC)c(=O)n2Cc1ccccc1SC. The summed E-state index contributed by atoms with van der Waals surface area (Å²) >= 11 is 2.86. The van der Waals surface area contributed by atoms with Crippen LogP contribution in [0.4, 0.5) is 0 Å². The van der Waals surface area contributed by atoms with Crippen LogP contribution in [0.2, 0.25) is 0 Å². The highest BCUT2D eigenvalue weighted by Gasteiger charge is 2.25. The minimum Gasteiger partial charge on any atom is -0.468 e. The van der Waals surface area contributed by atoms with Crippen molar-refractivity contribution < 1.29 is 23.8 Å². The van der Waals surface area contributed by atoms with Crippen LogP contribution in [0.1, 0.15) is 37.8 Å². The van der Waals surface area contributed by atoms with Crippen molar-refractivity contribution in [3.63, 3.8) is 0 Å². The summed E-state index contributed by atoms with van der Waals surface area (Å²) in [4.78, 5) is 55.2. The van der Waals surface area contributed by atoms with Crippen LogP contribution in [-0.4, -0.2) is 47.8 Å². The van der Waals surface area contributed by atoms with E-state index < -0.39 is 23.8 Å². The summed E-state index contributed by atoms with van der Waals surface area (Å²) in [5.74, 6) is -0.228. The highest BCUT2D eigenvalue weighted by molar-refractivity contribution is 7.98. The lowest BCUT2D eigenvalue weighted by molar-refractivity contribution is -0.144. The number of methoxy groups -OCH3 is 1. The van der Waals surface area contributed by atoms with E-state index in [0.29, 0.717) is 29.0 Å². The Hall–Kier alpha value is -3.87. The van der Waals surface area contributed by atoms with E-state index in [1.165, 1.54) is 23.0 Å². The van der Waals surface area contributed by atoms with Crippen molar-refractivity contribution in [3.8, 4) is 16.2 Å². The number of fused-ring (bicyclic) bond motifs is 1. The summed E-state index contributed by atoms with van der Waals surface area (Å²) in [5.41, 5.74) is 1.03. The second-order valence-corrected chi connectivity index (χ2v) is 11.4. The van der Waals surface area contributed by atoms with Crippen molar-refractivity contribution in [2.24, 2.45) is 0 Å². The second-order valence-electron chi connectivity index (χ2n) is 9.57. The van der Waals surface area contributed by atoms with Crippen LogP contribution < -0.4 is 21.3 Å². The number of amides is 1. The van der Waals surface area contributed by atoms with Gasteiger partial charge in [-0.25, -0.2) is 9.36 Å². The molecule has 0 spiro atoms. The Bertz CT molecular complexity index is 1710. The van der Waals surface area contributed by atoms with E-state index in [2.05, 4.69) is 5.32 Å². The average Bonchev–Trinajstić information content (AvgIpc) is 3.39. The number of hydrogen-bond acceptors (Lipinski definition) is 9. The lowest BCUT2D eigenvalue weighted by Gasteiger charge is -2.14. The topological polar surface area (TPSA) is 118 Å². The first-order chi connectivity index (χ1) is 20.8. The van der Waals surface area contributed by atoms with Gasteiger partial charge in [-0.05, 0) is 61.1 Å². The van der Waals surface area contributed by atoms with Gasteiger partial charge in [0.1, 0.15) is 17.1 Å². The van der Waals surface area contributed by atoms with Crippen molar-refractivity contribution in [2.75, 3.05) is 26.8 Å². The Morgan fingerprint density at radius 2 is 1.77 bits per heavy atom. The number of nitrogens with zero attached hydrogens (tertiary/aromatic N) is 2. The molecule has 0 aliphatic rings. The molecule has 43 heavy (non-hydrogen) atoms. The standard InChI is InChI=1S/C31H35N3O7S2/c1-5-9-25(35)32-16-23-27-29(37)33(18-26(36)40-6-2)31(38)34(17-21-10-7-8-11-24(21)42-4)30(27)43-28(23)20-12-14-22(15-13-20)41-19-39-3/h7-8,10-15H,5-6,9,16-19H2,1-4H3,(H,32,35). The molecule has 4 rings (SSSR count). The maximum absolute atomic E-state index is 14.0. The van der Waals surface area contributed by atoms with Crippen LogP contribution in [0.3, 0.4) is 0 Å². The molecule has 0 fully saturated rings. The predicted octanol–water partition coefficient (Wildman–Crippen LogP) is 4.62. The highest BCUT2D eigenvalue weighted by Crippen LogP contribution is 2.38. The smallest absolute Gasteiger partial charge is 0.332 e. The number of thioether (sulfide) groups is 1. The summed E-state index contributed by atoms with van der Waals surface area (Å²) in [6.45, 7) is 3.52. The second kappa shape index (κ2) is 15.0. The molecular weight excluding hydrogens is 590 g/mol. The zero-order valence-corrected chi connectivity index (χ0v) is 26.3. The van der Waals surface area contributed by atoms with Gasteiger partial charge in [0.15, 0.2) is 6.79 Å². The van der Waals surface area contributed by atoms with Crippen LogP contribution in [0, 0.1) is 0 Å². The molecule has 2 heterocycles. The Balaban J connectivity index is 1.98. The Labute approximate surface area is 257 Å². The third-order valence-corrected chi connectivity index (χ3v) is 8.81. The van der Waals surface area contributed by atoms with E-state index in [4.69, 9.17) is 14.2 Å². The summed E-state index contributed by atoms with van der Waals surface area (Å²) in [6, 6.07) is 15.0. The van der Waals surface area contributed by atoms with Crippen molar-refractivity contribution in [1.29, 1.82) is 0 Å². The fraction of sp³-hybridized carbons (Fsp3) is 0.355. The first-order valence-electron chi connectivity index (χ1n) is 13.9. The van der Waals surface area contributed by atoms with E-state index >= 15 is 0 Å². The first kappa shape index (κ1) is 32.1. The number of carbonyl (C=O) groups excluding carboxylic acids is 2. The number of rotatable bonds is 14. The summed E-state index contributed by atoms with van der Waals surface area (Å²) in [7, 11) is 1.54. The molecule has 10 nitrogen and oxygen atoms in total. The number of benzene rings is 2. The molecule has 0 radical (unpaired) electrons. The van der Waals surface area contributed by atoms with Crippen molar-refractivity contribution in [1.82, 2.24) is 14.5 Å². The maximum atomic E-state index is 14.0. The molecule has 0 saturated heterocycles. The molecular formula is C31H35N3O7S2. The number of aromatic nitrogens is 2. The molecule has 0 aliphatic heterocycles. The quantitative estimate of drug-likeness (QED) is 0.123. The first-order valence-corrected chi connectivity index (χ1v) is 15.9. The van der Waals surface area contributed by atoms with Gasteiger partial charge in [-0.1, -0.05) is 25.1 Å². The van der Waals surface area contributed by atoms with Crippen LogP contribution in [0.5, 0.6) is 5.75 Å². The number of nitrogens with one attached hydrogen (secondary N) is 1. The molecule has 2 aromatic heterocycles. The molecule has 0 unspecified atom stereocenters. The Kier molecular flexibility index (Phi) is 11.2. The van der Waals surface area contributed by atoms with Gasteiger partial charge < -0.3 is 19.5 Å². The van der Waals surface area contributed by atoms with Crippen LogP contribution in [0.25, 0.3) is 20.7 Å². The normalized spacial score (nSPS) is 11.1. The van der Waals surface area contributed by atoms with Gasteiger partial charge in [-0.15, -0.1) is 23.1 Å². The minimum absolute atomic E-state index is 0.0738. The van der Waals surface area contributed by atoms with Gasteiger partial charge in [0.05, 0.1) is 18.5 Å². The zero-order chi connectivity index (χ0) is 30.9. The van der Waals surface area contributed by atoms with Crippen molar-refractivity contribution in [2.45, 2.75) is 51.2 Å². The number of hydrogen-bond donors (Lipinski definition) is 1. The van der Waals surface area contributed by atoms with Gasteiger partial charge in [0.25, 0.3) is 5.56 Å². The van der Waals surface area contributed by atoms with E-state index in [1.807, 2.05) is 49.6 Å². The van der Waals surface area contributed by atoms with E-state index in [0.717, 1.165) is 25.5 Å². The summed E-state index contributed by atoms with van der Waals surface area (Å²) < 4.78 is 18.1. The molecule has 0 atom stereocenters. The van der Waals surface area contributed by atoms with Crippen LogP contribution in [-0.2, 0) is 38.7 Å². The molecule has 0 bridgehead atoms. The van der Waals surface area contributed by atoms with Gasteiger partial charge in [-0.2, -0.15) is 0 Å². The molecule has 1 N–H and O–H groups in total. The van der Waals surface area contributed by atoms with Gasteiger partial charge in [-0.3, -0.25) is 19.0 Å². The molecule has 4 aromatic rings. The monoisotopic (exact) mass is 625 g/mol. The molecule has 1 amide bonds. The molecule has 0 aliphatic carbocycles.